The van der Waals surface area contributed by atoms with Crippen molar-refractivity contribution in [1.29, 1.82) is 0 Å². The fourth-order valence-electron chi connectivity index (χ4n) is 2.59. The van der Waals surface area contributed by atoms with Gasteiger partial charge in [-0.1, -0.05) is 37.3 Å². The van der Waals surface area contributed by atoms with Gasteiger partial charge in [0.2, 0.25) is 0 Å². The number of hydrogen-bond donors (Lipinski definition) is 2. The zero-order chi connectivity index (χ0) is 17.9. The third kappa shape index (κ3) is 6.54. The fourth-order valence-corrected chi connectivity index (χ4v) is 2.59. The van der Waals surface area contributed by atoms with Crippen LogP contribution in [0.1, 0.15) is 18.3 Å². The summed E-state index contributed by atoms with van der Waals surface area (Å²) in [5.74, 6) is 1.83. The Morgan fingerprint density at radius 3 is 2.68 bits per heavy atom. The molecule has 0 spiro atoms. The molecule has 0 unspecified atom stereocenters. The molecular formula is C18H29N7. The van der Waals surface area contributed by atoms with Crippen molar-refractivity contribution in [2.45, 2.75) is 26.4 Å². The van der Waals surface area contributed by atoms with Crippen LogP contribution >= 0.6 is 0 Å². The lowest BCUT2D eigenvalue weighted by atomic mass is 10.2. The Hall–Kier alpha value is -2.41. The number of aliphatic imine (C=N–C) groups is 1. The zero-order valence-electron chi connectivity index (χ0n) is 15.4. The molecule has 0 saturated heterocycles. The van der Waals surface area contributed by atoms with Gasteiger partial charge in [0.05, 0.1) is 0 Å². The van der Waals surface area contributed by atoms with E-state index in [9.17, 15) is 0 Å². The lowest BCUT2D eigenvalue weighted by Crippen LogP contribution is -2.41. The third-order valence-corrected chi connectivity index (χ3v) is 3.96. The van der Waals surface area contributed by atoms with Crippen molar-refractivity contribution < 1.29 is 0 Å². The summed E-state index contributed by atoms with van der Waals surface area (Å²) in [5, 5.41) is 14.7. The Morgan fingerprint density at radius 1 is 1.20 bits per heavy atom. The van der Waals surface area contributed by atoms with Crippen LogP contribution in [0.4, 0.5) is 0 Å². The number of aryl methyl sites for hydroxylation is 1. The molecule has 0 atom stereocenters. The van der Waals surface area contributed by atoms with E-state index in [1.807, 2.05) is 6.07 Å². The maximum atomic E-state index is 4.27. The molecule has 0 aliphatic rings. The third-order valence-electron chi connectivity index (χ3n) is 3.96. The molecule has 0 aliphatic carbocycles. The predicted octanol–water partition coefficient (Wildman–Crippen LogP) is 1.14. The van der Waals surface area contributed by atoms with Crippen LogP contribution in [0.25, 0.3) is 0 Å². The quantitative estimate of drug-likeness (QED) is 0.528. The smallest absolute Gasteiger partial charge is 0.191 e. The van der Waals surface area contributed by atoms with Gasteiger partial charge in [0, 0.05) is 46.2 Å². The molecule has 0 amide bonds. The monoisotopic (exact) mass is 343 g/mol. The van der Waals surface area contributed by atoms with Gasteiger partial charge in [-0.25, -0.2) is 0 Å². The summed E-state index contributed by atoms with van der Waals surface area (Å²) < 4.78 is 2.06. The molecule has 0 fully saturated rings. The highest BCUT2D eigenvalue weighted by molar-refractivity contribution is 5.79. The number of aromatic nitrogens is 3. The highest BCUT2D eigenvalue weighted by Crippen LogP contribution is 2.01. The summed E-state index contributed by atoms with van der Waals surface area (Å²) in [4.78, 5) is 6.56. The Bertz CT molecular complexity index is 636. The van der Waals surface area contributed by atoms with Crippen LogP contribution in [0.3, 0.4) is 0 Å². The van der Waals surface area contributed by atoms with Crippen molar-refractivity contribution in [1.82, 2.24) is 30.3 Å². The number of nitrogens with zero attached hydrogens (tertiary/aromatic N) is 5. The van der Waals surface area contributed by atoms with Crippen LogP contribution in [0, 0.1) is 0 Å². The molecular weight excluding hydrogens is 314 g/mol. The SMILES string of the molecule is CCc1nncn1CCNC(=NC)NCCN(C)Cc1ccccc1. The van der Waals surface area contributed by atoms with Crippen LogP contribution in [-0.2, 0) is 19.5 Å². The van der Waals surface area contributed by atoms with E-state index in [0.29, 0.717) is 0 Å². The Morgan fingerprint density at radius 2 is 1.96 bits per heavy atom. The highest BCUT2D eigenvalue weighted by Gasteiger charge is 2.03. The first-order valence-corrected chi connectivity index (χ1v) is 8.76. The molecule has 1 heterocycles. The summed E-state index contributed by atoms with van der Waals surface area (Å²) >= 11 is 0. The Labute approximate surface area is 150 Å². The second-order valence-electron chi connectivity index (χ2n) is 5.94. The molecule has 1 aromatic heterocycles. The van der Waals surface area contributed by atoms with Crippen molar-refractivity contribution in [3.63, 3.8) is 0 Å². The highest BCUT2D eigenvalue weighted by atomic mass is 15.3. The standard InChI is InChI=1S/C18H29N7/c1-4-17-23-22-15-25(17)13-11-21-18(19-2)20-10-12-24(3)14-16-8-6-5-7-9-16/h5-9,15H,4,10-14H2,1-3H3,(H2,19,20,21). The number of benzene rings is 1. The largest absolute Gasteiger partial charge is 0.355 e. The summed E-state index contributed by atoms with van der Waals surface area (Å²) in [6.45, 7) is 6.43. The van der Waals surface area contributed by atoms with Crippen molar-refractivity contribution in [3.05, 3.63) is 48.0 Å². The van der Waals surface area contributed by atoms with Crippen LogP contribution in [0.15, 0.2) is 41.7 Å². The number of nitrogens with one attached hydrogen (secondary N) is 2. The lowest BCUT2D eigenvalue weighted by molar-refractivity contribution is 0.331. The van der Waals surface area contributed by atoms with E-state index in [1.54, 1.807) is 13.4 Å². The van der Waals surface area contributed by atoms with Gasteiger partial charge < -0.3 is 20.1 Å². The second kappa shape index (κ2) is 10.5. The topological polar surface area (TPSA) is 70.4 Å². The molecule has 2 rings (SSSR count). The molecule has 1 aromatic carbocycles. The molecule has 136 valence electrons. The van der Waals surface area contributed by atoms with Crippen molar-refractivity contribution >= 4 is 5.96 Å². The van der Waals surface area contributed by atoms with Gasteiger partial charge in [-0.2, -0.15) is 0 Å². The summed E-state index contributed by atoms with van der Waals surface area (Å²) in [7, 11) is 3.92. The van der Waals surface area contributed by atoms with Gasteiger partial charge in [-0.15, -0.1) is 10.2 Å². The van der Waals surface area contributed by atoms with Crippen molar-refractivity contribution in [3.8, 4) is 0 Å². The van der Waals surface area contributed by atoms with E-state index in [4.69, 9.17) is 0 Å². The molecule has 2 aromatic rings. The summed E-state index contributed by atoms with van der Waals surface area (Å²) in [5.41, 5.74) is 1.33. The first-order valence-electron chi connectivity index (χ1n) is 8.76. The minimum atomic E-state index is 0.782. The molecule has 0 saturated carbocycles. The van der Waals surface area contributed by atoms with E-state index in [0.717, 1.165) is 50.9 Å². The molecule has 0 aliphatic heterocycles. The van der Waals surface area contributed by atoms with Crippen molar-refractivity contribution in [2.75, 3.05) is 33.7 Å². The van der Waals surface area contributed by atoms with E-state index < -0.39 is 0 Å². The van der Waals surface area contributed by atoms with Crippen LogP contribution in [-0.4, -0.2) is 59.4 Å². The van der Waals surface area contributed by atoms with Crippen LogP contribution < -0.4 is 10.6 Å². The van der Waals surface area contributed by atoms with Crippen molar-refractivity contribution in [2.24, 2.45) is 4.99 Å². The first-order chi connectivity index (χ1) is 12.2. The van der Waals surface area contributed by atoms with Gasteiger partial charge in [-0.05, 0) is 12.6 Å². The van der Waals surface area contributed by atoms with E-state index in [-0.39, 0.29) is 0 Å². The molecule has 2 N–H and O–H groups in total. The zero-order valence-corrected chi connectivity index (χ0v) is 15.4. The molecule has 25 heavy (non-hydrogen) atoms. The minimum Gasteiger partial charge on any atom is -0.355 e. The maximum Gasteiger partial charge on any atom is 0.191 e. The fraction of sp³-hybridized carbons (Fsp3) is 0.500. The van der Waals surface area contributed by atoms with E-state index >= 15 is 0 Å². The van der Waals surface area contributed by atoms with Gasteiger partial charge in [0.25, 0.3) is 0 Å². The summed E-state index contributed by atoms with van der Waals surface area (Å²) in [6, 6.07) is 10.5. The van der Waals surface area contributed by atoms with Gasteiger partial charge in [0.1, 0.15) is 12.2 Å². The molecule has 0 radical (unpaired) electrons. The number of guanidine groups is 1. The maximum absolute atomic E-state index is 4.27. The molecule has 7 nitrogen and oxygen atoms in total. The minimum absolute atomic E-state index is 0.782. The number of hydrogen-bond acceptors (Lipinski definition) is 4. The first kappa shape index (κ1) is 18.9. The Kier molecular flexibility index (Phi) is 7.91. The Balaban J connectivity index is 1.64. The predicted molar refractivity (Wildman–Crippen MR) is 102 cm³/mol. The summed E-state index contributed by atoms with van der Waals surface area (Å²) in [6.07, 6.45) is 2.66. The lowest BCUT2D eigenvalue weighted by Gasteiger charge is -2.18. The molecule has 0 bridgehead atoms. The number of rotatable bonds is 9. The van der Waals surface area contributed by atoms with Gasteiger partial charge >= 0.3 is 0 Å². The van der Waals surface area contributed by atoms with E-state index in [2.05, 4.69) is 73.5 Å². The van der Waals surface area contributed by atoms with E-state index in [1.165, 1.54) is 5.56 Å². The average Bonchev–Trinajstić information content (AvgIpc) is 3.08. The normalized spacial score (nSPS) is 11.8. The van der Waals surface area contributed by atoms with Crippen LogP contribution in [0.5, 0.6) is 0 Å². The molecule has 7 heteroatoms. The average molecular weight is 343 g/mol. The van der Waals surface area contributed by atoms with Gasteiger partial charge in [-0.3, -0.25) is 4.99 Å². The second-order valence-corrected chi connectivity index (χ2v) is 5.94. The van der Waals surface area contributed by atoms with Gasteiger partial charge in [0.15, 0.2) is 5.96 Å². The van der Waals surface area contributed by atoms with Crippen LogP contribution in [0.2, 0.25) is 0 Å². The number of likely N-dealkylation sites (N-methyl/N-ethyl adjacent to an activating group) is 1.